The maximum Gasteiger partial charge on any atom is 0.331 e. The Morgan fingerprint density at radius 3 is 2.83 bits per heavy atom. The summed E-state index contributed by atoms with van der Waals surface area (Å²) in [5, 5.41) is 0. The minimum atomic E-state index is -0.256. The van der Waals surface area contributed by atoms with Gasteiger partial charge in [-0.1, -0.05) is 0 Å². The van der Waals surface area contributed by atoms with Crippen molar-refractivity contribution in [3.63, 3.8) is 0 Å². The number of carbonyl (C=O) groups excluding carboxylic acids is 1. The van der Waals surface area contributed by atoms with E-state index in [1.54, 1.807) is 13.2 Å². The lowest BCUT2D eigenvalue weighted by Crippen LogP contribution is -2.00. The first-order valence-corrected chi connectivity index (χ1v) is 6.21. The van der Waals surface area contributed by atoms with Crippen molar-refractivity contribution in [2.45, 2.75) is 26.7 Å². The molecule has 0 aromatic heterocycles. The number of rotatable bonds is 3. The number of carbonyl (C=O) groups is 1. The first kappa shape index (κ1) is 12.7. The Morgan fingerprint density at radius 2 is 2.17 bits per heavy atom. The summed E-state index contributed by atoms with van der Waals surface area (Å²) in [6, 6.07) is 4.16. The molecule has 0 saturated heterocycles. The number of hydrogen-bond acceptors (Lipinski definition) is 3. The molecule has 2 rings (SSSR count). The van der Waals surface area contributed by atoms with E-state index in [0.717, 1.165) is 35.3 Å². The Labute approximate surface area is 107 Å². The lowest BCUT2D eigenvalue weighted by molar-refractivity contribution is -0.137. The highest BCUT2D eigenvalue weighted by Gasteiger charge is 2.19. The van der Waals surface area contributed by atoms with Gasteiger partial charge in [0.05, 0.1) is 13.7 Å². The third kappa shape index (κ3) is 2.40. The van der Waals surface area contributed by atoms with Crippen LogP contribution in [0.15, 0.2) is 18.2 Å². The molecule has 18 heavy (non-hydrogen) atoms. The molecule has 0 bridgehead atoms. The van der Waals surface area contributed by atoms with E-state index in [-0.39, 0.29) is 5.97 Å². The maximum atomic E-state index is 11.5. The lowest BCUT2D eigenvalue weighted by Gasteiger charge is -2.08. The average molecular weight is 246 g/mol. The van der Waals surface area contributed by atoms with Gasteiger partial charge in [0.1, 0.15) is 5.75 Å². The van der Waals surface area contributed by atoms with E-state index in [9.17, 15) is 4.79 Å². The molecular formula is C15H18O3. The molecule has 0 heterocycles. The monoisotopic (exact) mass is 246 g/mol. The first-order valence-electron chi connectivity index (χ1n) is 6.21. The molecule has 0 N–H and O–H groups in total. The van der Waals surface area contributed by atoms with Gasteiger partial charge < -0.3 is 9.47 Å². The summed E-state index contributed by atoms with van der Waals surface area (Å²) in [5.41, 5.74) is 4.55. The van der Waals surface area contributed by atoms with Crippen molar-refractivity contribution in [3.8, 4) is 5.75 Å². The number of esters is 1. The summed E-state index contributed by atoms with van der Waals surface area (Å²) >= 11 is 0. The quantitative estimate of drug-likeness (QED) is 0.607. The molecular weight excluding hydrogens is 228 g/mol. The first-order chi connectivity index (χ1) is 8.65. The molecule has 1 aromatic carbocycles. The zero-order valence-electron chi connectivity index (χ0n) is 11.1. The average Bonchev–Trinajstić information content (AvgIpc) is 2.71. The smallest absolute Gasteiger partial charge is 0.331 e. The van der Waals surface area contributed by atoms with Crippen LogP contribution in [0.3, 0.4) is 0 Å². The van der Waals surface area contributed by atoms with Crippen LogP contribution in [-0.4, -0.2) is 19.7 Å². The van der Waals surface area contributed by atoms with Crippen LogP contribution >= 0.6 is 0 Å². The number of methoxy groups -OCH3 is 1. The predicted octanol–water partition coefficient (Wildman–Crippen LogP) is 2.90. The standard InChI is InChI=1S/C15H18O3/c1-4-18-15(16)9-12-6-5-11-8-14(17-3)10(2)7-13(11)12/h7-9H,4-6H2,1-3H3. The Morgan fingerprint density at radius 1 is 1.39 bits per heavy atom. The molecule has 0 fully saturated rings. The minimum Gasteiger partial charge on any atom is -0.496 e. The number of ether oxygens (including phenoxy) is 2. The fourth-order valence-electron chi connectivity index (χ4n) is 2.34. The van der Waals surface area contributed by atoms with Crippen LogP contribution in [-0.2, 0) is 16.0 Å². The van der Waals surface area contributed by atoms with E-state index in [2.05, 4.69) is 12.1 Å². The van der Waals surface area contributed by atoms with Gasteiger partial charge in [-0.15, -0.1) is 0 Å². The number of fused-ring (bicyclic) bond motifs is 1. The molecule has 0 aliphatic heterocycles. The van der Waals surface area contributed by atoms with E-state index in [1.165, 1.54) is 5.56 Å². The molecule has 96 valence electrons. The van der Waals surface area contributed by atoms with Crippen LogP contribution in [0.5, 0.6) is 5.75 Å². The molecule has 0 spiro atoms. The van der Waals surface area contributed by atoms with E-state index in [0.29, 0.717) is 6.61 Å². The summed E-state index contributed by atoms with van der Waals surface area (Å²) < 4.78 is 10.3. The highest BCUT2D eigenvalue weighted by atomic mass is 16.5. The van der Waals surface area contributed by atoms with E-state index in [4.69, 9.17) is 9.47 Å². The van der Waals surface area contributed by atoms with Gasteiger partial charge in [-0.05, 0) is 61.1 Å². The molecule has 1 aliphatic rings. The molecule has 0 saturated carbocycles. The highest BCUT2D eigenvalue weighted by Crippen LogP contribution is 2.36. The number of aryl methyl sites for hydroxylation is 2. The normalized spacial score (nSPS) is 15.6. The zero-order chi connectivity index (χ0) is 13.1. The topological polar surface area (TPSA) is 35.5 Å². The second kappa shape index (κ2) is 5.25. The summed E-state index contributed by atoms with van der Waals surface area (Å²) in [6.07, 6.45) is 3.46. The van der Waals surface area contributed by atoms with Crippen molar-refractivity contribution in [1.82, 2.24) is 0 Å². The molecule has 3 nitrogen and oxygen atoms in total. The Hall–Kier alpha value is -1.77. The van der Waals surface area contributed by atoms with Gasteiger partial charge in [-0.3, -0.25) is 0 Å². The van der Waals surface area contributed by atoms with Crippen LogP contribution in [0.1, 0.15) is 30.0 Å². The van der Waals surface area contributed by atoms with Crippen molar-refractivity contribution < 1.29 is 14.3 Å². The van der Waals surface area contributed by atoms with Crippen molar-refractivity contribution in [2.24, 2.45) is 0 Å². The van der Waals surface area contributed by atoms with Gasteiger partial charge in [-0.25, -0.2) is 4.79 Å². The maximum absolute atomic E-state index is 11.5. The minimum absolute atomic E-state index is 0.256. The van der Waals surface area contributed by atoms with Crippen LogP contribution in [0, 0.1) is 6.92 Å². The summed E-state index contributed by atoms with van der Waals surface area (Å²) in [4.78, 5) is 11.5. The number of hydrogen-bond donors (Lipinski definition) is 0. The van der Waals surface area contributed by atoms with Crippen molar-refractivity contribution in [1.29, 1.82) is 0 Å². The van der Waals surface area contributed by atoms with E-state index >= 15 is 0 Å². The Balaban J connectivity index is 2.33. The van der Waals surface area contributed by atoms with E-state index < -0.39 is 0 Å². The van der Waals surface area contributed by atoms with Crippen molar-refractivity contribution in [2.75, 3.05) is 13.7 Å². The third-order valence-electron chi connectivity index (χ3n) is 3.21. The molecule has 0 unspecified atom stereocenters. The van der Waals surface area contributed by atoms with Crippen LogP contribution in [0.25, 0.3) is 5.57 Å². The molecule has 0 amide bonds. The van der Waals surface area contributed by atoms with Crippen LogP contribution in [0.4, 0.5) is 0 Å². The van der Waals surface area contributed by atoms with Crippen molar-refractivity contribution in [3.05, 3.63) is 34.9 Å². The second-order valence-corrected chi connectivity index (χ2v) is 4.40. The molecule has 1 aromatic rings. The van der Waals surface area contributed by atoms with Crippen molar-refractivity contribution >= 4 is 11.5 Å². The van der Waals surface area contributed by atoms with Gasteiger partial charge in [0.2, 0.25) is 0 Å². The van der Waals surface area contributed by atoms with E-state index in [1.807, 2.05) is 13.8 Å². The third-order valence-corrected chi connectivity index (χ3v) is 3.21. The molecule has 0 atom stereocenters. The van der Waals surface area contributed by atoms with Gasteiger partial charge in [0, 0.05) is 6.08 Å². The van der Waals surface area contributed by atoms with Gasteiger partial charge in [0.25, 0.3) is 0 Å². The summed E-state index contributed by atoms with van der Waals surface area (Å²) in [6.45, 7) is 4.24. The largest absolute Gasteiger partial charge is 0.496 e. The van der Waals surface area contributed by atoms with Gasteiger partial charge in [-0.2, -0.15) is 0 Å². The highest BCUT2D eigenvalue weighted by molar-refractivity contribution is 5.93. The Bertz CT molecular complexity index is 501. The number of allylic oxidation sites excluding steroid dienone is 1. The fraction of sp³-hybridized carbons (Fsp3) is 0.400. The van der Waals surface area contributed by atoms with Crippen LogP contribution < -0.4 is 4.74 Å². The Kier molecular flexibility index (Phi) is 3.70. The SMILES string of the molecule is CCOC(=O)C=C1CCc2cc(OC)c(C)cc21. The fourth-order valence-corrected chi connectivity index (χ4v) is 2.34. The van der Waals surface area contributed by atoms with Gasteiger partial charge >= 0.3 is 5.97 Å². The predicted molar refractivity (Wildman–Crippen MR) is 70.7 cm³/mol. The number of benzene rings is 1. The van der Waals surface area contributed by atoms with Gasteiger partial charge in [0.15, 0.2) is 0 Å². The molecule has 0 radical (unpaired) electrons. The lowest BCUT2D eigenvalue weighted by atomic mass is 10.0. The second-order valence-electron chi connectivity index (χ2n) is 4.40. The summed E-state index contributed by atoms with van der Waals surface area (Å²) in [5.74, 6) is 0.653. The van der Waals surface area contributed by atoms with Crippen LogP contribution in [0.2, 0.25) is 0 Å². The summed E-state index contributed by atoms with van der Waals surface area (Å²) in [7, 11) is 1.68. The molecule has 1 aliphatic carbocycles. The molecule has 3 heteroatoms. The zero-order valence-corrected chi connectivity index (χ0v) is 11.1.